The van der Waals surface area contributed by atoms with Gasteiger partial charge in [0, 0.05) is 11.9 Å². The Kier molecular flexibility index (Phi) is 5.39. The molecule has 24 heavy (non-hydrogen) atoms. The molecule has 0 unspecified atom stereocenters. The van der Waals surface area contributed by atoms with Crippen molar-refractivity contribution in [1.29, 1.82) is 0 Å². The van der Waals surface area contributed by atoms with Gasteiger partial charge < -0.3 is 11.1 Å². The van der Waals surface area contributed by atoms with Gasteiger partial charge in [-0.25, -0.2) is 15.2 Å². The van der Waals surface area contributed by atoms with Gasteiger partial charge in [-0.3, -0.25) is 0 Å². The number of rotatable bonds is 4. The molecule has 2 rings (SSSR count). The van der Waals surface area contributed by atoms with Gasteiger partial charge in [-0.1, -0.05) is 12.1 Å². The van der Waals surface area contributed by atoms with Gasteiger partial charge in [-0.15, -0.1) is 11.3 Å². The summed E-state index contributed by atoms with van der Waals surface area (Å²) in [5.41, 5.74) is 8.30. The van der Waals surface area contributed by atoms with E-state index in [2.05, 4.69) is 20.8 Å². The standard InChI is InChI=1S/C14H14F3N5OS/c1-8(11-7-24-12(18)20-11)21-22-13(23)19-6-9-3-2-4-10(5-9)14(15,16)17/h2-5,7H,6H2,1H3,(H2,18,20)(H2,19,22,23)/b21-8+. The van der Waals surface area contributed by atoms with Gasteiger partial charge in [0.1, 0.15) is 0 Å². The van der Waals surface area contributed by atoms with Crippen LogP contribution in [-0.4, -0.2) is 16.7 Å². The van der Waals surface area contributed by atoms with E-state index < -0.39 is 17.8 Å². The summed E-state index contributed by atoms with van der Waals surface area (Å²) in [7, 11) is 0. The second-order valence-electron chi connectivity index (χ2n) is 4.76. The number of nitrogens with two attached hydrogens (primary N) is 1. The predicted molar refractivity (Wildman–Crippen MR) is 85.6 cm³/mol. The highest BCUT2D eigenvalue weighted by Crippen LogP contribution is 2.29. The maximum Gasteiger partial charge on any atom is 0.416 e. The molecule has 128 valence electrons. The van der Waals surface area contributed by atoms with Crippen LogP contribution in [0.4, 0.5) is 23.1 Å². The first kappa shape index (κ1) is 17.7. The van der Waals surface area contributed by atoms with E-state index in [1.54, 1.807) is 12.3 Å². The number of anilines is 1. The minimum Gasteiger partial charge on any atom is -0.375 e. The zero-order valence-corrected chi connectivity index (χ0v) is 13.3. The highest BCUT2D eigenvalue weighted by molar-refractivity contribution is 7.13. The van der Waals surface area contributed by atoms with Crippen molar-refractivity contribution in [3.8, 4) is 0 Å². The number of nitrogen functional groups attached to an aromatic ring is 1. The minimum atomic E-state index is -4.42. The number of hydrazone groups is 1. The van der Waals surface area contributed by atoms with Crippen LogP contribution >= 0.6 is 11.3 Å². The van der Waals surface area contributed by atoms with Crippen LogP contribution in [0.1, 0.15) is 23.7 Å². The van der Waals surface area contributed by atoms with Crippen LogP contribution in [0.3, 0.4) is 0 Å². The highest BCUT2D eigenvalue weighted by Gasteiger charge is 2.30. The molecule has 4 N–H and O–H groups in total. The van der Waals surface area contributed by atoms with Crippen LogP contribution in [-0.2, 0) is 12.7 Å². The first-order valence-electron chi connectivity index (χ1n) is 6.71. The van der Waals surface area contributed by atoms with Crippen molar-refractivity contribution in [3.05, 3.63) is 46.5 Å². The van der Waals surface area contributed by atoms with Crippen molar-refractivity contribution in [1.82, 2.24) is 15.7 Å². The molecular weight excluding hydrogens is 343 g/mol. The lowest BCUT2D eigenvalue weighted by atomic mass is 10.1. The fourth-order valence-corrected chi connectivity index (χ4v) is 2.33. The Morgan fingerprint density at radius 2 is 2.17 bits per heavy atom. The molecule has 0 radical (unpaired) electrons. The first-order chi connectivity index (χ1) is 11.3. The number of nitrogens with zero attached hydrogens (tertiary/aromatic N) is 2. The quantitative estimate of drug-likeness (QED) is 0.580. The zero-order valence-electron chi connectivity index (χ0n) is 12.5. The van der Waals surface area contributed by atoms with Gasteiger partial charge in [-0.05, 0) is 24.6 Å². The summed E-state index contributed by atoms with van der Waals surface area (Å²) in [6.07, 6.45) is -4.42. The molecule has 2 amide bonds. The van der Waals surface area contributed by atoms with Gasteiger partial charge in [0.05, 0.1) is 17.0 Å². The lowest BCUT2D eigenvalue weighted by Crippen LogP contribution is -2.32. The number of nitrogens with one attached hydrogen (secondary N) is 2. The minimum absolute atomic E-state index is 0.0615. The summed E-state index contributed by atoms with van der Waals surface area (Å²) in [5.74, 6) is 0. The number of alkyl halides is 3. The van der Waals surface area contributed by atoms with Crippen LogP contribution < -0.4 is 16.5 Å². The summed E-state index contributed by atoms with van der Waals surface area (Å²) < 4.78 is 37.8. The van der Waals surface area contributed by atoms with Gasteiger partial charge in [0.15, 0.2) is 5.13 Å². The summed E-state index contributed by atoms with van der Waals surface area (Å²) in [6.45, 7) is 1.58. The maximum absolute atomic E-state index is 12.6. The molecule has 0 atom stereocenters. The van der Waals surface area contributed by atoms with E-state index in [-0.39, 0.29) is 6.54 Å². The summed E-state index contributed by atoms with van der Waals surface area (Å²) in [4.78, 5) is 15.6. The fourth-order valence-electron chi connectivity index (χ4n) is 1.73. The first-order valence-corrected chi connectivity index (χ1v) is 7.59. The number of carbonyl (C=O) groups excluding carboxylic acids is 1. The molecule has 2 aromatic rings. The van der Waals surface area contributed by atoms with Crippen molar-refractivity contribution in [2.75, 3.05) is 5.73 Å². The Morgan fingerprint density at radius 3 is 2.79 bits per heavy atom. The molecule has 0 saturated heterocycles. The summed E-state index contributed by atoms with van der Waals surface area (Å²) >= 11 is 1.24. The molecule has 10 heteroatoms. The monoisotopic (exact) mass is 357 g/mol. The molecule has 0 bridgehead atoms. The fraction of sp³-hybridized carbons (Fsp3) is 0.214. The van der Waals surface area contributed by atoms with Gasteiger partial charge in [0.25, 0.3) is 0 Å². The molecule has 0 aliphatic carbocycles. The molecule has 0 saturated carbocycles. The van der Waals surface area contributed by atoms with Gasteiger partial charge in [-0.2, -0.15) is 18.3 Å². The van der Waals surface area contributed by atoms with E-state index >= 15 is 0 Å². The number of aromatic nitrogens is 1. The Morgan fingerprint density at radius 1 is 1.42 bits per heavy atom. The zero-order chi connectivity index (χ0) is 17.7. The molecule has 0 spiro atoms. The third kappa shape index (κ3) is 4.95. The van der Waals surface area contributed by atoms with E-state index in [1.165, 1.54) is 23.5 Å². The number of amides is 2. The summed E-state index contributed by atoms with van der Waals surface area (Å²) in [5, 5.41) is 8.34. The number of hydrogen-bond acceptors (Lipinski definition) is 5. The van der Waals surface area contributed by atoms with Crippen molar-refractivity contribution >= 4 is 28.2 Å². The molecule has 1 aromatic carbocycles. The topological polar surface area (TPSA) is 92.4 Å². The molecule has 0 aliphatic rings. The highest BCUT2D eigenvalue weighted by atomic mass is 32.1. The Labute approximate surface area is 139 Å². The Balaban J connectivity index is 1.89. The van der Waals surface area contributed by atoms with E-state index in [4.69, 9.17) is 5.73 Å². The van der Waals surface area contributed by atoms with E-state index in [0.29, 0.717) is 22.1 Å². The third-order valence-electron chi connectivity index (χ3n) is 2.93. The van der Waals surface area contributed by atoms with Crippen LogP contribution in [0.5, 0.6) is 0 Å². The molecule has 1 heterocycles. The number of halogens is 3. The van der Waals surface area contributed by atoms with Gasteiger partial charge in [0.2, 0.25) is 0 Å². The largest absolute Gasteiger partial charge is 0.416 e. The van der Waals surface area contributed by atoms with Gasteiger partial charge >= 0.3 is 12.2 Å². The summed E-state index contributed by atoms with van der Waals surface area (Å²) in [6, 6.07) is 4.08. The number of benzene rings is 1. The van der Waals surface area contributed by atoms with E-state index in [0.717, 1.165) is 12.1 Å². The lowest BCUT2D eigenvalue weighted by Gasteiger charge is -2.09. The van der Waals surface area contributed by atoms with Crippen LogP contribution in [0.2, 0.25) is 0 Å². The molecule has 6 nitrogen and oxygen atoms in total. The SMILES string of the molecule is C/C(=N\NC(=O)NCc1cccc(C(F)(F)F)c1)c1csc(N)n1. The number of carbonyl (C=O) groups is 1. The lowest BCUT2D eigenvalue weighted by molar-refractivity contribution is -0.137. The number of thiazole rings is 1. The maximum atomic E-state index is 12.6. The second-order valence-corrected chi connectivity index (χ2v) is 5.65. The Hall–Kier alpha value is -2.62. The average Bonchev–Trinajstić information content (AvgIpc) is 2.96. The molecule has 1 aromatic heterocycles. The van der Waals surface area contributed by atoms with E-state index in [9.17, 15) is 18.0 Å². The van der Waals surface area contributed by atoms with Crippen molar-refractivity contribution in [2.45, 2.75) is 19.6 Å². The normalized spacial score (nSPS) is 12.1. The van der Waals surface area contributed by atoms with Crippen molar-refractivity contribution in [3.63, 3.8) is 0 Å². The Bertz CT molecular complexity index is 757. The molecule has 0 fully saturated rings. The number of urea groups is 1. The smallest absolute Gasteiger partial charge is 0.375 e. The van der Waals surface area contributed by atoms with Crippen molar-refractivity contribution in [2.24, 2.45) is 5.10 Å². The molecule has 0 aliphatic heterocycles. The number of hydrogen-bond donors (Lipinski definition) is 3. The predicted octanol–water partition coefficient (Wildman–Crippen LogP) is 2.97. The van der Waals surface area contributed by atoms with E-state index in [1.807, 2.05) is 0 Å². The van der Waals surface area contributed by atoms with Crippen molar-refractivity contribution < 1.29 is 18.0 Å². The average molecular weight is 357 g/mol. The second kappa shape index (κ2) is 7.30. The molecular formula is C14H14F3N5OS. The van der Waals surface area contributed by atoms with Crippen LogP contribution in [0.15, 0.2) is 34.7 Å². The van der Waals surface area contributed by atoms with Crippen LogP contribution in [0.25, 0.3) is 0 Å². The van der Waals surface area contributed by atoms with Crippen LogP contribution in [0, 0.1) is 0 Å². The third-order valence-corrected chi connectivity index (χ3v) is 3.60.